The van der Waals surface area contributed by atoms with Gasteiger partial charge in [0.25, 0.3) is 0 Å². The molecule has 2 heterocycles. The van der Waals surface area contributed by atoms with Gasteiger partial charge in [0.15, 0.2) is 0 Å². The van der Waals surface area contributed by atoms with Crippen molar-refractivity contribution >= 4 is 11.8 Å². The number of anilines is 1. The minimum atomic E-state index is -0.251. The first kappa shape index (κ1) is 13.6. The molecule has 0 aromatic carbocycles. The van der Waals surface area contributed by atoms with E-state index in [2.05, 4.69) is 9.97 Å². The van der Waals surface area contributed by atoms with Crippen LogP contribution in [-0.4, -0.2) is 42.2 Å². The summed E-state index contributed by atoms with van der Waals surface area (Å²) in [6, 6.07) is 1.52. The second-order valence-electron chi connectivity index (χ2n) is 4.44. The van der Waals surface area contributed by atoms with Crippen molar-refractivity contribution in [2.45, 2.75) is 32.2 Å². The van der Waals surface area contributed by atoms with Gasteiger partial charge in [0.1, 0.15) is 18.2 Å². The van der Waals surface area contributed by atoms with Crippen LogP contribution in [0.3, 0.4) is 0 Å². The molecule has 1 aliphatic heterocycles. The van der Waals surface area contributed by atoms with Gasteiger partial charge < -0.3 is 14.4 Å². The summed E-state index contributed by atoms with van der Waals surface area (Å²) in [5, 5.41) is 0. The predicted molar refractivity (Wildman–Crippen MR) is 70.2 cm³/mol. The summed E-state index contributed by atoms with van der Waals surface area (Å²) in [5.74, 6) is 1.04. The number of ether oxygens (including phenoxy) is 2. The highest BCUT2D eigenvalue weighted by molar-refractivity contribution is 5.80. The molecule has 1 aliphatic rings. The quantitative estimate of drug-likeness (QED) is 0.750. The molecule has 6 heteroatoms. The maximum Gasteiger partial charge on any atom is 0.328 e. The average molecular weight is 265 g/mol. The molecule has 0 aliphatic carbocycles. The summed E-state index contributed by atoms with van der Waals surface area (Å²) in [7, 11) is 1.41. The van der Waals surface area contributed by atoms with Crippen LogP contribution in [0.4, 0.5) is 5.82 Å². The first-order valence-corrected chi connectivity index (χ1v) is 6.55. The van der Waals surface area contributed by atoms with Gasteiger partial charge in [-0.2, -0.15) is 0 Å². The smallest absolute Gasteiger partial charge is 0.328 e. The van der Waals surface area contributed by atoms with Crippen molar-refractivity contribution in [2.24, 2.45) is 0 Å². The Labute approximate surface area is 112 Å². The number of esters is 1. The van der Waals surface area contributed by atoms with Crippen LogP contribution in [0, 0.1) is 0 Å². The monoisotopic (exact) mass is 265 g/mol. The van der Waals surface area contributed by atoms with E-state index in [4.69, 9.17) is 9.47 Å². The second kappa shape index (κ2) is 6.36. The molecule has 0 N–H and O–H groups in total. The lowest BCUT2D eigenvalue weighted by Crippen LogP contribution is -2.37. The van der Waals surface area contributed by atoms with Crippen molar-refractivity contribution in [3.63, 3.8) is 0 Å². The molecule has 2 rings (SSSR count). The van der Waals surface area contributed by atoms with E-state index in [1.807, 2.05) is 11.8 Å². The van der Waals surface area contributed by atoms with Crippen LogP contribution in [0.1, 0.15) is 26.2 Å². The molecular formula is C13H19N3O3. The van der Waals surface area contributed by atoms with Gasteiger partial charge in [-0.1, -0.05) is 6.92 Å². The summed E-state index contributed by atoms with van der Waals surface area (Å²) in [6.07, 6.45) is 4.14. The third-order valence-electron chi connectivity index (χ3n) is 3.10. The SMILES string of the molecule is CCCOc1cc(N2CCCC2C(=O)OC)ncn1. The fourth-order valence-electron chi connectivity index (χ4n) is 2.19. The number of aromatic nitrogens is 2. The molecule has 0 saturated carbocycles. The van der Waals surface area contributed by atoms with Crippen molar-refractivity contribution in [3.05, 3.63) is 12.4 Å². The maximum atomic E-state index is 11.7. The summed E-state index contributed by atoms with van der Waals surface area (Å²) < 4.78 is 10.3. The fourth-order valence-corrected chi connectivity index (χ4v) is 2.19. The Bertz CT molecular complexity index is 439. The van der Waals surface area contributed by atoms with Crippen molar-refractivity contribution in [1.29, 1.82) is 0 Å². The number of nitrogens with zero attached hydrogens (tertiary/aromatic N) is 3. The summed E-state index contributed by atoms with van der Waals surface area (Å²) in [4.78, 5) is 22.0. The molecule has 1 saturated heterocycles. The molecule has 0 radical (unpaired) electrons. The van der Waals surface area contributed by atoms with E-state index in [0.29, 0.717) is 18.3 Å². The highest BCUT2D eigenvalue weighted by Crippen LogP contribution is 2.26. The lowest BCUT2D eigenvalue weighted by molar-refractivity contribution is -0.141. The minimum absolute atomic E-state index is 0.216. The Morgan fingerprint density at radius 3 is 3.11 bits per heavy atom. The Morgan fingerprint density at radius 2 is 2.37 bits per heavy atom. The lowest BCUT2D eigenvalue weighted by Gasteiger charge is -2.23. The third-order valence-corrected chi connectivity index (χ3v) is 3.10. The van der Waals surface area contributed by atoms with Gasteiger partial charge in [0.2, 0.25) is 5.88 Å². The maximum absolute atomic E-state index is 11.7. The molecule has 1 aromatic heterocycles. The van der Waals surface area contributed by atoms with Crippen molar-refractivity contribution < 1.29 is 14.3 Å². The molecule has 1 fully saturated rings. The molecule has 0 bridgehead atoms. The van der Waals surface area contributed by atoms with Gasteiger partial charge in [0.05, 0.1) is 13.7 Å². The van der Waals surface area contributed by atoms with E-state index in [-0.39, 0.29) is 12.0 Å². The van der Waals surface area contributed by atoms with Crippen LogP contribution in [-0.2, 0) is 9.53 Å². The fraction of sp³-hybridized carbons (Fsp3) is 0.615. The minimum Gasteiger partial charge on any atom is -0.478 e. The van der Waals surface area contributed by atoms with Crippen LogP contribution in [0.15, 0.2) is 12.4 Å². The number of carbonyl (C=O) groups is 1. The lowest BCUT2D eigenvalue weighted by atomic mass is 10.2. The van der Waals surface area contributed by atoms with E-state index in [1.165, 1.54) is 13.4 Å². The molecule has 6 nitrogen and oxygen atoms in total. The van der Waals surface area contributed by atoms with E-state index >= 15 is 0 Å². The summed E-state index contributed by atoms with van der Waals surface area (Å²) >= 11 is 0. The summed E-state index contributed by atoms with van der Waals surface area (Å²) in [5.41, 5.74) is 0. The number of methoxy groups -OCH3 is 1. The summed E-state index contributed by atoms with van der Waals surface area (Å²) in [6.45, 7) is 3.46. The standard InChI is InChI=1S/C13H19N3O3/c1-3-7-19-12-8-11(14-9-15-12)16-6-4-5-10(16)13(17)18-2/h8-10H,3-7H2,1-2H3. The molecule has 1 atom stereocenters. The first-order valence-electron chi connectivity index (χ1n) is 6.55. The molecule has 104 valence electrons. The van der Waals surface area contributed by atoms with Crippen molar-refractivity contribution in [2.75, 3.05) is 25.2 Å². The van der Waals surface area contributed by atoms with E-state index in [1.54, 1.807) is 6.07 Å². The van der Waals surface area contributed by atoms with Gasteiger partial charge >= 0.3 is 5.97 Å². The molecule has 1 aromatic rings. The van der Waals surface area contributed by atoms with E-state index in [9.17, 15) is 4.79 Å². The highest BCUT2D eigenvalue weighted by Gasteiger charge is 2.32. The van der Waals surface area contributed by atoms with Gasteiger partial charge in [0, 0.05) is 12.6 Å². The van der Waals surface area contributed by atoms with E-state index < -0.39 is 0 Å². The van der Waals surface area contributed by atoms with Crippen LogP contribution in [0.25, 0.3) is 0 Å². The van der Waals surface area contributed by atoms with E-state index in [0.717, 1.165) is 25.8 Å². The van der Waals surface area contributed by atoms with Gasteiger partial charge in [-0.3, -0.25) is 0 Å². The zero-order chi connectivity index (χ0) is 13.7. The third kappa shape index (κ3) is 3.13. The molecule has 0 amide bonds. The second-order valence-corrected chi connectivity index (χ2v) is 4.44. The van der Waals surface area contributed by atoms with Crippen molar-refractivity contribution in [3.8, 4) is 5.88 Å². The topological polar surface area (TPSA) is 64.5 Å². The Balaban J connectivity index is 2.13. The zero-order valence-corrected chi connectivity index (χ0v) is 11.3. The Kier molecular flexibility index (Phi) is 4.54. The predicted octanol–water partition coefficient (Wildman–Crippen LogP) is 1.41. The molecular weight excluding hydrogens is 246 g/mol. The van der Waals surface area contributed by atoms with Crippen LogP contribution >= 0.6 is 0 Å². The largest absolute Gasteiger partial charge is 0.478 e. The Hall–Kier alpha value is -1.85. The van der Waals surface area contributed by atoms with Crippen molar-refractivity contribution in [1.82, 2.24) is 9.97 Å². The van der Waals surface area contributed by atoms with Gasteiger partial charge in [-0.05, 0) is 19.3 Å². The highest BCUT2D eigenvalue weighted by atomic mass is 16.5. The first-order chi connectivity index (χ1) is 9.26. The molecule has 19 heavy (non-hydrogen) atoms. The van der Waals surface area contributed by atoms with Crippen LogP contribution < -0.4 is 9.64 Å². The van der Waals surface area contributed by atoms with Crippen LogP contribution in [0.2, 0.25) is 0 Å². The number of rotatable bonds is 5. The normalized spacial score (nSPS) is 18.4. The van der Waals surface area contributed by atoms with Gasteiger partial charge in [-0.15, -0.1) is 0 Å². The van der Waals surface area contributed by atoms with Gasteiger partial charge in [-0.25, -0.2) is 14.8 Å². The van der Waals surface area contributed by atoms with Crippen LogP contribution in [0.5, 0.6) is 5.88 Å². The number of hydrogen-bond donors (Lipinski definition) is 0. The Morgan fingerprint density at radius 1 is 1.53 bits per heavy atom. The number of carbonyl (C=O) groups excluding carboxylic acids is 1. The molecule has 0 spiro atoms. The number of hydrogen-bond acceptors (Lipinski definition) is 6. The molecule has 1 unspecified atom stereocenters. The zero-order valence-electron chi connectivity index (χ0n) is 11.3. The average Bonchev–Trinajstić information content (AvgIpc) is 2.94.